The van der Waals surface area contributed by atoms with E-state index < -0.39 is 6.10 Å². The van der Waals surface area contributed by atoms with Gasteiger partial charge in [0.05, 0.1) is 11.8 Å². The van der Waals surface area contributed by atoms with Gasteiger partial charge in [-0.05, 0) is 36.8 Å². The van der Waals surface area contributed by atoms with Crippen molar-refractivity contribution in [3.05, 3.63) is 48.0 Å². The Morgan fingerprint density at radius 3 is 2.70 bits per heavy atom. The molecule has 1 aliphatic heterocycles. The summed E-state index contributed by atoms with van der Waals surface area (Å²) in [6, 6.07) is 7.49. The first-order chi connectivity index (χ1) is 9.63. The predicted octanol–water partition coefficient (Wildman–Crippen LogP) is 1.22. The lowest BCUT2D eigenvalue weighted by atomic mass is 10.3. The molecule has 1 fully saturated rings. The second kappa shape index (κ2) is 5.05. The third-order valence-electron chi connectivity index (χ3n) is 3.35. The first kappa shape index (κ1) is 12.8. The summed E-state index contributed by atoms with van der Waals surface area (Å²) in [5.74, 6) is -0.509. The number of β-amino-alcohol motifs (C(OH)–C–C–N with tert-alkyl or cyclic N) is 1. The van der Waals surface area contributed by atoms with Crippen LogP contribution in [0.1, 0.15) is 16.9 Å². The van der Waals surface area contributed by atoms with Gasteiger partial charge in [0.15, 0.2) is 5.69 Å². The normalized spacial score (nSPS) is 18.5. The molecule has 1 aromatic carbocycles. The molecule has 2 aromatic rings. The summed E-state index contributed by atoms with van der Waals surface area (Å²) in [5.41, 5.74) is 1.01. The van der Waals surface area contributed by atoms with Crippen molar-refractivity contribution in [1.82, 2.24) is 14.7 Å². The lowest BCUT2D eigenvalue weighted by Crippen LogP contribution is -2.29. The average Bonchev–Trinajstić information content (AvgIpc) is 3.08. The van der Waals surface area contributed by atoms with Crippen molar-refractivity contribution in [2.24, 2.45) is 0 Å². The van der Waals surface area contributed by atoms with Crippen molar-refractivity contribution < 1.29 is 14.3 Å². The number of aliphatic hydroxyl groups excluding tert-OH is 1. The summed E-state index contributed by atoms with van der Waals surface area (Å²) in [6.45, 7) is 0.894. The summed E-state index contributed by atoms with van der Waals surface area (Å²) in [7, 11) is 0. The molecule has 0 bridgehead atoms. The fourth-order valence-electron chi connectivity index (χ4n) is 2.26. The molecule has 1 aromatic heterocycles. The monoisotopic (exact) mass is 275 g/mol. The van der Waals surface area contributed by atoms with Crippen molar-refractivity contribution in [2.75, 3.05) is 13.1 Å². The van der Waals surface area contributed by atoms with Crippen LogP contribution in [0.3, 0.4) is 0 Å². The number of halogens is 1. The molecule has 0 unspecified atom stereocenters. The van der Waals surface area contributed by atoms with E-state index in [1.54, 1.807) is 29.3 Å². The minimum atomic E-state index is -0.446. The Hall–Kier alpha value is -2.21. The first-order valence-corrected chi connectivity index (χ1v) is 6.42. The van der Waals surface area contributed by atoms with E-state index >= 15 is 0 Å². The molecule has 0 saturated carbocycles. The van der Waals surface area contributed by atoms with Crippen LogP contribution in [0.4, 0.5) is 4.39 Å². The first-order valence-electron chi connectivity index (χ1n) is 6.42. The largest absolute Gasteiger partial charge is 0.391 e. The number of nitrogens with zero attached hydrogens (tertiary/aromatic N) is 3. The standard InChI is InChI=1S/C14H14FN3O2/c15-10-1-3-11(4-2-10)18-8-6-13(16-18)14(20)17-7-5-12(19)9-17/h1-4,6,8,12,19H,5,7,9H2/t12-/m0/s1. The third kappa shape index (κ3) is 2.42. The maximum absolute atomic E-state index is 12.9. The number of amides is 1. The van der Waals surface area contributed by atoms with Gasteiger partial charge in [0.2, 0.25) is 0 Å². The molecule has 1 saturated heterocycles. The number of aliphatic hydroxyl groups is 1. The topological polar surface area (TPSA) is 58.4 Å². The van der Waals surface area contributed by atoms with Crippen molar-refractivity contribution >= 4 is 5.91 Å². The van der Waals surface area contributed by atoms with E-state index in [1.165, 1.54) is 16.8 Å². The summed E-state index contributed by atoms with van der Waals surface area (Å²) < 4.78 is 14.4. The Morgan fingerprint density at radius 2 is 2.05 bits per heavy atom. The average molecular weight is 275 g/mol. The Labute approximate surface area is 115 Å². The van der Waals surface area contributed by atoms with Gasteiger partial charge in [-0.15, -0.1) is 0 Å². The van der Waals surface area contributed by atoms with E-state index in [4.69, 9.17) is 0 Å². The Kier molecular flexibility index (Phi) is 3.23. The fourth-order valence-corrected chi connectivity index (χ4v) is 2.26. The summed E-state index contributed by atoms with van der Waals surface area (Å²) in [6.07, 6.45) is 1.82. The van der Waals surface area contributed by atoms with Crippen LogP contribution < -0.4 is 0 Å². The number of benzene rings is 1. The molecule has 6 heteroatoms. The molecule has 0 radical (unpaired) electrons. The lowest BCUT2D eigenvalue weighted by Gasteiger charge is -2.13. The van der Waals surface area contributed by atoms with Crippen LogP contribution >= 0.6 is 0 Å². The number of rotatable bonds is 2. The second-order valence-corrected chi connectivity index (χ2v) is 4.82. The summed E-state index contributed by atoms with van der Waals surface area (Å²) in [5, 5.41) is 13.7. The quantitative estimate of drug-likeness (QED) is 0.896. The van der Waals surface area contributed by atoms with E-state index in [0.29, 0.717) is 30.9 Å². The SMILES string of the molecule is O=C(c1ccn(-c2ccc(F)cc2)n1)N1CC[C@H](O)C1. The molecular weight excluding hydrogens is 261 g/mol. The molecule has 104 valence electrons. The van der Waals surface area contributed by atoms with Crippen molar-refractivity contribution in [3.63, 3.8) is 0 Å². The van der Waals surface area contributed by atoms with Crippen LogP contribution in [-0.2, 0) is 0 Å². The highest BCUT2D eigenvalue weighted by Gasteiger charge is 2.26. The zero-order valence-corrected chi connectivity index (χ0v) is 10.7. The van der Waals surface area contributed by atoms with Crippen molar-refractivity contribution in [3.8, 4) is 5.69 Å². The summed E-state index contributed by atoms with van der Waals surface area (Å²) in [4.78, 5) is 13.8. The molecule has 1 atom stereocenters. The van der Waals surface area contributed by atoms with Gasteiger partial charge in [-0.2, -0.15) is 5.10 Å². The second-order valence-electron chi connectivity index (χ2n) is 4.82. The highest BCUT2D eigenvalue weighted by Crippen LogP contribution is 2.14. The smallest absolute Gasteiger partial charge is 0.274 e. The van der Waals surface area contributed by atoms with Crippen LogP contribution in [-0.4, -0.2) is 44.9 Å². The van der Waals surface area contributed by atoms with Gasteiger partial charge in [0, 0.05) is 19.3 Å². The fraction of sp³-hybridized carbons (Fsp3) is 0.286. The van der Waals surface area contributed by atoms with E-state index in [9.17, 15) is 14.3 Å². The maximum atomic E-state index is 12.9. The van der Waals surface area contributed by atoms with Crippen LogP contribution in [0.2, 0.25) is 0 Å². The van der Waals surface area contributed by atoms with Crippen molar-refractivity contribution in [2.45, 2.75) is 12.5 Å². The highest BCUT2D eigenvalue weighted by molar-refractivity contribution is 5.92. The Balaban J connectivity index is 1.79. The Morgan fingerprint density at radius 1 is 1.30 bits per heavy atom. The van der Waals surface area contributed by atoms with Gasteiger partial charge in [-0.25, -0.2) is 9.07 Å². The minimum absolute atomic E-state index is 0.192. The van der Waals surface area contributed by atoms with E-state index in [-0.39, 0.29) is 11.7 Å². The lowest BCUT2D eigenvalue weighted by molar-refractivity contribution is 0.0759. The molecule has 1 amide bonds. The number of aromatic nitrogens is 2. The summed E-state index contributed by atoms with van der Waals surface area (Å²) >= 11 is 0. The number of carbonyl (C=O) groups excluding carboxylic acids is 1. The molecule has 0 aliphatic carbocycles. The molecule has 2 heterocycles. The number of hydrogen-bond donors (Lipinski definition) is 1. The highest BCUT2D eigenvalue weighted by atomic mass is 19.1. The van der Waals surface area contributed by atoms with Crippen LogP contribution in [0.25, 0.3) is 5.69 Å². The van der Waals surface area contributed by atoms with Gasteiger partial charge >= 0.3 is 0 Å². The molecule has 3 rings (SSSR count). The molecule has 5 nitrogen and oxygen atoms in total. The van der Waals surface area contributed by atoms with Crippen LogP contribution in [0.15, 0.2) is 36.5 Å². The van der Waals surface area contributed by atoms with E-state index in [2.05, 4.69) is 5.10 Å². The van der Waals surface area contributed by atoms with Gasteiger partial charge < -0.3 is 10.0 Å². The van der Waals surface area contributed by atoms with Gasteiger partial charge in [0.1, 0.15) is 5.82 Å². The zero-order valence-electron chi connectivity index (χ0n) is 10.7. The number of likely N-dealkylation sites (tertiary alicyclic amines) is 1. The van der Waals surface area contributed by atoms with Crippen LogP contribution in [0.5, 0.6) is 0 Å². The molecule has 0 spiro atoms. The predicted molar refractivity (Wildman–Crippen MR) is 70.0 cm³/mol. The van der Waals surface area contributed by atoms with E-state index in [1.807, 2.05) is 0 Å². The van der Waals surface area contributed by atoms with Gasteiger partial charge in [0.25, 0.3) is 5.91 Å². The zero-order chi connectivity index (χ0) is 14.1. The minimum Gasteiger partial charge on any atom is -0.391 e. The van der Waals surface area contributed by atoms with Gasteiger partial charge in [-0.1, -0.05) is 0 Å². The third-order valence-corrected chi connectivity index (χ3v) is 3.35. The number of hydrogen-bond acceptors (Lipinski definition) is 3. The molecular formula is C14H14FN3O2. The molecule has 20 heavy (non-hydrogen) atoms. The van der Waals surface area contributed by atoms with Crippen molar-refractivity contribution in [1.29, 1.82) is 0 Å². The number of carbonyl (C=O) groups is 1. The van der Waals surface area contributed by atoms with Gasteiger partial charge in [-0.3, -0.25) is 4.79 Å². The molecule has 1 aliphatic rings. The Bertz CT molecular complexity index is 624. The molecule has 1 N–H and O–H groups in total. The maximum Gasteiger partial charge on any atom is 0.274 e. The van der Waals surface area contributed by atoms with Crippen LogP contribution in [0, 0.1) is 5.82 Å². The van der Waals surface area contributed by atoms with E-state index in [0.717, 1.165) is 0 Å².